The van der Waals surface area contributed by atoms with Crippen molar-refractivity contribution in [2.45, 2.75) is 45.8 Å². The van der Waals surface area contributed by atoms with E-state index < -0.39 is 0 Å². The Morgan fingerprint density at radius 1 is 1.27 bits per heavy atom. The van der Waals surface area contributed by atoms with Crippen LogP contribution in [0, 0.1) is 13.8 Å². The largest absolute Gasteiger partial charge is 0.481 e. The van der Waals surface area contributed by atoms with Crippen molar-refractivity contribution in [3.8, 4) is 17.1 Å². The highest BCUT2D eigenvalue weighted by molar-refractivity contribution is 5.68. The van der Waals surface area contributed by atoms with Crippen molar-refractivity contribution in [3.05, 3.63) is 29.2 Å². The van der Waals surface area contributed by atoms with Gasteiger partial charge in [0, 0.05) is 36.0 Å². The van der Waals surface area contributed by atoms with Crippen LogP contribution < -0.4 is 15.4 Å². The zero-order chi connectivity index (χ0) is 18.9. The number of aryl methyl sites for hydroxylation is 1. The fraction of sp³-hybridized carbons (Fsp3) is 0.526. The fourth-order valence-corrected chi connectivity index (χ4v) is 3.36. The molecule has 1 saturated heterocycles. The van der Waals surface area contributed by atoms with Gasteiger partial charge in [0.05, 0.1) is 25.1 Å². The second kappa shape index (κ2) is 7.17. The highest BCUT2D eigenvalue weighted by atomic mass is 16.5. The Hall–Kier alpha value is -2.25. The number of methoxy groups -OCH3 is 1. The molecule has 7 heteroatoms. The Balaban J connectivity index is 2.01. The van der Waals surface area contributed by atoms with E-state index in [4.69, 9.17) is 20.4 Å². The van der Waals surface area contributed by atoms with Crippen LogP contribution in [0.1, 0.15) is 36.7 Å². The molecule has 2 aromatic rings. The van der Waals surface area contributed by atoms with Crippen LogP contribution in [0.15, 0.2) is 12.3 Å². The third-order valence-corrected chi connectivity index (χ3v) is 5.08. The van der Waals surface area contributed by atoms with E-state index >= 15 is 0 Å². The predicted octanol–water partition coefficient (Wildman–Crippen LogP) is 1.97. The first kappa shape index (κ1) is 18.5. The molecule has 0 radical (unpaired) electrons. The second-order valence-corrected chi connectivity index (χ2v) is 7.22. The maximum atomic E-state index is 9.89. The molecule has 3 heterocycles. The van der Waals surface area contributed by atoms with Crippen LogP contribution in [0.3, 0.4) is 0 Å². The summed E-state index contributed by atoms with van der Waals surface area (Å²) in [5.74, 6) is 1.32. The molecule has 1 aliphatic heterocycles. The van der Waals surface area contributed by atoms with Crippen LogP contribution >= 0.6 is 0 Å². The summed E-state index contributed by atoms with van der Waals surface area (Å²) < 4.78 is 5.31. The Morgan fingerprint density at radius 2 is 1.96 bits per heavy atom. The van der Waals surface area contributed by atoms with Crippen LogP contribution in [0.5, 0.6) is 5.88 Å². The maximum Gasteiger partial charge on any atom is 0.216 e. The maximum absolute atomic E-state index is 9.89. The number of rotatable bonds is 4. The number of aliphatic hydroxyl groups is 1. The Labute approximate surface area is 154 Å². The molecule has 0 spiro atoms. The van der Waals surface area contributed by atoms with Crippen molar-refractivity contribution < 1.29 is 9.84 Å². The van der Waals surface area contributed by atoms with E-state index in [1.54, 1.807) is 13.3 Å². The summed E-state index contributed by atoms with van der Waals surface area (Å²) in [6.07, 6.45) is 3.48. The standard InChI is InChI=1S/C19H27N5O2/c1-12-14(5-8-21-18(12)26-4)16-13(2)22-17(15(11-25)23-16)24-9-6-19(3,20)7-10-24/h5,8,25H,6-7,9-11,20H2,1-4H3. The first-order valence-electron chi connectivity index (χ1n) is 8.88. The number of aromatic nitrogens is 3. The average Bonchev–Trinajstić information content (AvgIpc) is 2.62. The number of hydrogen-bond donors (Lipinski definition) is 2. The van der Waals surface area contributed by atoms with E-state index in [1.165, 1.54) is 0 Å². The van der Waals surface area contributed by atoms with Crippen LogP contribution in [0.25, 0.3) is 11.3 Å². The van der Waals surface area contributed by atoms with Crippen LogP contribution in [0.4, 0.5) is 5.82 Å². The van der Waals surface area contributed by atoms with Gasteiger partial charge in [0.15, 0.2) is 5.82 Å². The number of hydrogen-bond acceptors (Lipinski definition) is 7. The smallest absolute Gasteiger partial charge is 0.216 e. The summed E-state index contributed by atoms with van der Waals surface area (Å²) >= 11 is 0. The molecular formula is C19H27N5O2. The van der Waals surface area contributed by atoms with E-state index in [9.17, 15) is 5.11 Å². The summed E-state index contributed by atoms with van der Waals surface area (Å²) in [6.45, 7) is 7.44. The summed E-state index contributed by atoms with van der Waals surface area (Å²) in [5, 5.41) is 9.89. The van der Waals surface area contributed by atoms with Crippen LogP contribution in [-0.2, 0) is 6.61 Å². The van der Waals surface area contributed by atoms with Gasteiger partial charge in [-0.05, 0) is 39.7 Å². The minimum atomic E-state index is -0.159. The van der Waals surface area contributed by atoms with Gasteiger partial charge >= 0.3 is 0 Å². The van der Waals surface area contributed by atoms with Gasteiger partial charge < -0.3 is 20.5 Å². The van der Waals surface area contributed by atoms with Crippen molar-refractivity contribution >= 4 is 5.82 Å². The third kappa shape index (κ3) is 3.50. The highest BCUT2D eigenvalue weighted by Gasteiger charge is 2.28. The van der Waals surface area contributed by atoms with Crippen molar-refractivity contribution in [1.82, 2.24) is 15.0 Å². The molecule has 2 aromatic heterocycles. The van der Waals surface area contributed by atoms with Gasteiger partial charge in [0.1, 0.15) is 5.69 Å². The molecule has 0 amide bonds. The molecule has 140 valence electrons. The molecule has 0 aromatic carbocycles. The summed E-state index contributed by atoms with van der Waals surface area (Å²) in [5.41, 5.74) is 10.1. The van der Waals surface area contributed by atoms with Crippen LogP contribution in [0.2, 0.25) is 0 Å². The molecule has 3 N–H and O–H groups in total. The lowest BCUT2D eigenvalue weighted by Gasteiger charge is -2.38. The second-order valence-electron chi connectivity index (χ2n) is 7.22. The minimum absolute atomic E-state index is 0.136. The van der Waals surface area contributed by atoms with Crippen LogP contribution in [-0.4, -0.2) is 45.8 Å². The summed E-state index contributed by atoms with van der Waals surface area (Å²) in [7, 11) is 1.60. The van der Waals surface area contributed by atoms with E-state index in [0.717, 1.165) is 54.3 Å². The molecule has 3 rings (SSSR count). The van der Waals surface area contributed by atoms with Crippen molar-refractivity contribution in [2.24, 2.45) is 5.73 Å². The van der Waals surface area contributed by atoms with Crippen molar-refractivity contribution in [3.63, 3.8) is 0 Å². The van der Waals surface area contributed by atoms with Gasteiger partial charge in [-0.3, -0.25) is 0 Å². The molecule has 26 heavy (non-hydrogen) atoms. The first-order valence-corrected chi connectivity index (χ1v) is 8.88. The quantitative estimate of drug-likeness (QED) is 0.863. The lowest BCUT2D eigenvalue weighted by molar-refractivity contribution is 0.275. The average molecular weight is 357 g/mol. The minimum Gasteiger partial charge on any atom is -0.481 e. The normalized spacial score (nSPS) is 16.6. The number of pyridine rings is 1. The molecule has 0 aliphatic carbocycles. The van der Waals surface area contributed by atoms with Gasteiger partial charge in [-0.1, -0.05) is 0 Å². The Morgan fingerprint density at radius 3 is 2.58 bits per heavy atom. The monoisotopic (exact) mass is 357 g/mol. The zero-order valence-corrected chi connectivity index (χ0v) is 15.9. The Bertz CT molecular complexity index is 797. The molecular weight excluding hydrogens is 330 g/mol. The fourth-order valence-electron chi connectivity index (χ4n) is 3.36. The third-order valence-electron chi connectivity index (χ3n) is 5.08. The topological polar surface area (TPSA) is 97.4 Å². The predicted molar refractivity (Wildman–Crippen MR) is 101 cm³/mol. The lowest BCUT2D eigenvalue weighted by Crippen LogP contribution is -2.48. The number of ether oxygens (including phenoxy) is 1. The zero-order valence-electron chi connectivity index (χ0n) is 15.9. The van der Waals surface area contributed by atoms with Crippen molar-refractivity contribution in [1.29, 1.82) is 0 Å². The SMILES string of the molecule is COc1nccc(-c2nc(CO)c(N3CCC(C)(N)CC3)nc2C)c1C. The molecule has 0 unspecified atom stereocenters. The molecule has 1 fully saturated rings. The molecule has 1 aliphatic rings. The number of nitrogens with zero attached hydrogens (tertiary/aromatic N) is 4. The first-order chi connectivity index (χ1) is 12.4. The van der Waals surface area contributed by atoms with Gasteiger partial charge in [0.2, 0.25) is 5.88 Å². The summed E-state index contributed by atoms with van der Waals surface area (Å²) in [4.78, 5) is 15.9. The summed E-state index contributed by atoms with van der Waals surface area (Å²) in [6, 6.07) is 1.90. The van der Waals surface area contributed by atoms with E-state index in [-0.39, 0.29) is 12.1 Å². The van der Waals surface area contributed by atoms with Gasteiger partial charge in [-0.2, -0.15) is 0 Å². The molecule has 0 saturated carbocycles. The number of aliphatic hydroxyl groups excluding tert-OH is 1. The molecule has 7 nitrogen and oxygen atoms in total. The van der Waals surface area contributed by atoms with Gasteiger partial charge in [0.25, 0.3) is 0 Å². The van der Waals surface area contributed by atoms with Gasteiger partial charge in [-0.25, -0.2) is 15.0 Å². The van der Waals surface area contributed by atoms with E-state index in [2.05, 4.69) is 16.8 Å². The van der Waals surface area contributed by atoms with E-state index in [0.29, 0.717) is 11.6 Å². The number of anilines is 1. The number of piperidine rings is 1. The highest BCUT2D eigenvalue weighted by Crippen LogP contribution is 2.32. The lowest BCUT2D eigenvalue weighted by atomic mass is 9.91. The Kier molecular flexibility index (Phi) is 5.11. The molecule has 0 atom stereocenters. The number of nitrogens with two attached hydrogens (primary N) is 1. The van der Waals surface area contributed by atoms with Crippen molar-refractivity contribution in [2.75, 3.05) is 25.1 Å². The van der Waals surface area contributed by atoms with E-state index in [1.807, 2.05) is 19.9 Å². The molecule has 0 bridgehead atoms. The van der Waals surface area contributed by atoms with Gasteiger partial charge in [-0.15, -0.1) is 0 Å².